The van der Waals surface area contributed by atoms with Gasteiger partial charge in [-0.2, -0.15) is 0 Å². The normalized spacial score (nSPS) is 20.4. The zero-order valence-electron chi connectivity index (χ0n) is 14.6. The van der Waals surface area contributed by atoms with Crippen molar-refractivity contribution in [2.24, 2.45) is 5.92 Å². The van der Waals surface area contributed by atoms with Gasteiger partial charge >= 0.3 is 0 Å². The van der Waals surface area contributed by atoms with E-state index in [1.165, 1.54) is 23.3 Å². The van der Waals surface area contributed by atoms with Crippen LogP contribution in [0.1, 0.15) is 39.9 Å². The fourth-order valence-corrected chi connectivity index (χ4v) is 4.95. The summed E-state index contributed by atoms with van der Waals surface area (Å²) in [5, 5.41) is 0. The van der Waals surface area contributed by atoms with Gasteiger partial charge in [0.2, 0.25) is 5.95 Å². The number of carbonyl (C=O) groups is 1. The first-order chi connectivity index (χ1) is 12.2. The second kappa shape index (κ2) is 7.12. The molecule has 1 atom stereocenters. The Hall–Kier alpha value is -1.95. The van der Waals surface area contributed by atoms with Crippen molar-refractivity contribution in [3.05, 3.63) is 39.8 Å². The number of anilines is 1. The van der Waals surface area contributed by atoms with Crippen molar-refractivity contribution in [2.75, 3.05) is 31.1 Å². The number of rotatable bonds is 3. The lowest BCUT2D eigenvalue weighted by Crippen LogP contribution is -2.49. The average molecular weight is 356 g/mol. The third-order valence-corrected chi connectivity index (χ3v) is 6.60. The van der Waals surface area contributed by atoms with Crippen LogP contribution < -0.4 is 4.90 Å². The molecule has 132 valence electrons. The van der Waals surface area contributed by atoms with E-state index in [-0.39, 0.29) is 5.91 Å². The molecule has 4 rings (SSSR count). The molecule has 0 spiro atoms. The van der Waals surface area contributed by atoms with Gasteiger partial charge in [-0.15, -0.1) is 11.3 Å². The molecular formula is C19H24N4OS. The van der Waals surface area contributed by atoms with Crippen LogP contribution in [0, 0.1) is 5.92 Å². The van der Waals surface area contributed by atoms with Gasteiger partial charge in [0.25, 0.3) is 5.91 Å². The molecule has 5 nitrogen and oxygen atoms in total. The van der Waals surface area contributed by atoms with Crippen LogP contribution in [0.25, 0.3) is 0 Å². The van der Waals surface area contributed by atoms with Crippen molar-refractivity contribution in [3.8, 4) is 0 Å². The molecule has 0 aromatic carbocycles. The van der Waals surface area contributed by atoms with Crippen LogP contribution in [0.4, 0.5) is 5.95 Å². The number of fused-ring (bicyclic) bond motifs is 1. The van der Waals surface area contributed by atoms with E-state index < -0.39 is 0 Å². The Morgan fingerprint density at radius 1 is 1.24 bits per heavy atom. The highest BCUT2D eigenvalue weighted by molar-refractivity contribution is 7.14. The molecule has 6 heteroatoms. The highest BCUT2D eigenvalue weighted by Gasteiger charge is 2.27. The zero-order chi connectivity index (χ0) is 17.2. The number of aromatic nitrogens is 2. The summed E-state index contributed by atoms with van der Waals surface area (Å²) in [7, 11) is 0. The van der Waals surface area contributed by atoms with Gasteiger partial charge in [-0.1, -0.05) is 13.3 Å². The van der Waals surface area contributed by atoms with Gasteiger partial charge in [-0.3, -0.25) is 4.79 Å². The van der Waals surface area contributed by atoms with E-state index >= 15 is 0 Å². The first kappa shape index (κ1) is 16.5. The molecule has 2 aromatic heterocycles. The molecule has 0 N–H and O–H groups in total. The summed E-state index contributed by atoms with van der Waals surface area (Å²) in [6.45, 7) is 5.32. The molecule has 25 heavy (non-hydrogen) atoms. The van der Waals surface area contributed by atoms with E-state index in [9.17, 15) is 4.79 Å². The van der Waals surface area contributed by atoms with Crippen LogP contribution in [0.3, 0.4) is 0 Å². The van der Waals surface area contributed by atoms with E-state index in [0.717, 1.165) is 55.8 Å². The smallest absolute Gasteiger partial charge is 0.264 e. The lowest BCUT2D eigenvalue weighted by molar-refractivity contribution is 0.0751. The Morgan fingerprint density at radius 3 is 2.72 bits per heavy atom. The molecule has 1 amide bonds. The maximum Gasteiger partial charge on any atom is 0.264 e. The number of hydrogen-bond acceptors (Lipinski definition) is 5. The van der Waals surface area contributed by atoms with Gasteiger partial charge in [0.1, 0.15) is 0 Å². The molecule has 0 radical (unpaired) electrons. The summed E-state index contributed by atoms with van der Waals surface area (Å²) >= 11 is 1.72. The third kappa shape index (κ3) is 3.40. The van der Waals surface area contributed by atoms with E-state index in [4.69, 9.17) is 0 Å². The molecule has 2 aliphatic rings. The predicted octanol–water partition coefficient (Wildman–Crippen LogP) is 3.02. The molecule has 0 unspecified atom stereocenters. The molecule has 1 aliphatic heterocycles. The molecule has 1 aliphatic carbocycles. The molecule has 0 bridgehead atoms. The van der Waals surface area contributed by atoms with Crippen LogP contribution >= 0.6 is 11.3 Å². The molecule has 1 fully saturated rings. The van der Waals surface area contributed by atoms with Gasteiger partial charge in [-0.05, 0) is 42.9 Å². The summed E-state index contributed by atoms with van der Waals surface area (Å²) in [6, 6.07) is 3.99. The fourth-order valence-electron chi connectivity index (χ4n) is 3.77. The van der Waals surface area contributed by atoms with Crippen molar-refractivity contribution in [2.45, 2.75) is 32.6 Å². The molecular weight excluding hydrogens is 332 g/mol. The largest absolute Gasteiger partial charge is 0.337 e. The van der Waals surface area contributed by atoms with Gasteiger partial charge in [0, 0.05) is 43.4 Å². The molecule has 0 saturated carbocycles. The van der Waals surface area contributed by atoms with Crippen molar-refractivity contribution in [1.29, 1.82) is 0 Å². The number of piperazine rings is 1. The van der Waals surface area contributed by atoms with E-state index in [2.05, 4.69) is 27.9 Å². The monoisotopic (exact) mass is 356 g/mol. The Balaban J connectivity index is 1.40. The number of carbonyl (C=O) groups excluding carboxylic acids is 1. The van der Waals surface area contributed by atoms with Crippen LogP contribution in [0.2, 0.25) is 0 Å². The number of aryl methyl sites for hydroxylation is 1. The summed E-state index contributed by atoms with van der Waals surface area (Å²) in [5.74, 6) is 1.74. The second-order valence-electron chi connectivity index (χ2n) is 6.90. The SMILES string of the molecule is CC[C@H]1CCc2sc(C(=O)N3CCN(c4ncccn4)CC3)cc2C1. The van der Waals surface area contributed by atoms with Crippen LogP contribution in [0.15, 0.2) is 24.5 Å². The Labute approximate surface area is 152 Å². The van der Waals surface area contributed by atoms with Gasteiger partial charge in [0.05, 0.1) is 4.88 Å². The van der Waals surface area contributed by atoms with E-state index in [1.54, 1.807) is 23.7 Å². The summed E-state index contributed by atoms with van der Waals surface area (Å²) in [4.78, 5) is 28.0. The van der Waals surface area contributed by atoms with Gasteiger partial charge in [0.15, 0.2) is 0 Å². The fraction of sp³-hybridized carbons (Fsp3) is 0.526. The van der Waals surface area contributed by atoms with E-state index in [1.807, 2.05) is 11.0 Å². The lowest BCUT2D eigenvalue weighted by atomic mass is 9.87. The lowest BCUT2D eigenvalue weighted by Gasteiger charge is -2.34. The highest BCUT2D eigenvalue weighted by Crippen LogP contribution is 2.34. The van der Waals surface area contributed by atoms with Crippen molar-refractivity contribution in [1.82, 2.24) is 14.9 Å². The number of nitrogens with zero attached hydrogens (tertiary/aromatic N) is 4. The number of hydrogen-bond donors (Lipinski definition) is 0. The van der Waals surface area contributed by atoms with Gasteiger partial charge in [-0.25, -0.2) is 9.97 Å². The summed E-state index contributed by atoms with van der Waals surface area (Å²) < 4.78 is 0. The zero-order valence-corrected chi connectivity index (χ0v) is 15.5. The highest BCUT2D eigenvalue weighted by atomic mass is 32.1. The standard InChI is InChI=1S/C19H24N4OS/c1-2-14-4-5-16-15(12-14)13-17(25-16)18(24)22-8-10-23(11-9-22)19-20-6-3-7-21-19/h3,6-7,13-14H,2,4-5,8-12H2,1H3/t14-/m0/s1. The maximum atomic E-state index is 12.9. The topological polar surface area (TPSA) is 49.3 Å². The molecule has 2 aromatic rings. The minimum Gasteiger partial charge on any atom is -0.337 e. The first-order valence-electron chi connectivity index (χ1n) is 9.17. The molecule has 3 heterocycles. The van der Waals surface area contributed by atoms with Crippen molar-refractivity contribution >= 4 is 23.2 Å². The van der Waals surface area contributed by atoms with Crippen molar-refractivity contribution in [3.63, 3.8) is 0 Å². The average Bonchev–Trinajstić information content (AvgIpc) is 3.11. The number of amides is 1. The maximum absolute atomic E-state index is 12.9. The Kier molecular flexibility index (Phi) is 4.70. The first-order valence-corrected chi connectivity index (χ1v) is 9.99. The minimum absolute atomic E-state index is 0.195. The van der Waals surface area contributed by atoms with Crippen LogP contribution in [-0.4, -0.2) is 47.0 Å². The Bertz CT molecular complexity index is 737. The van der Waals surface area contributed by atoms with Crippen LogP contribution in [-0.2, 0) is 12.8 Å². The Morgan fingerprint density at radius 2 is 2.00 bits per heavy atom. The van der Waals surface area contributed by atoms with Crippen molar-refractivity contribution < 1.29 is 4.79 Å². The quantitative estimate of drug-likeness (QED) is 0.848. The van der Waals surface area contributed by atoms with E-state index in [0.29, 0.717) is 0 Å². The van der Waals surface area contributed by atoms with Gasteiger partial charge < -0.3 is 9.80 Å². The second-order valence-corrected chi connectivity index (χ2v) is 8.04. The third-order valence-electron chi connectivity index (χ3n) is 5.37. The minimum atomic E-state index is 0.195. The van der Waals surface area contributed by atoms with Crippen LogP contribution in [0.5, 0.6) is 0 Å². The number of thiophene rings is 1. The summed E-state index contributed by atoms with van der Waals surface area (Å²) in [6.07, 6.45) is 8.33. The summed E-state index contributed by atoms with van der Waals surface area (Å²) in [5.41, 5.74) is 1.42. The predicted molar refractivity (Wildman–Crippen MR) is 100 cm³/mol. The molecule has 1 saturated heterocycles.